The van der Waals surface area contributed by atoms with E-state index in [2.05, 4.69) is 18.7 Å². The molecule has 0 bridgehead atoms. The van der Waals surface area contributed by atoms with Gasteiger partial charge in [0.05, 0.1) is 25.3 Å². The fraction of sp³-hybridized carbons (Fsp3) is 0.318. The van der Waals surface area contributed by atoms with Gasteiger partial charge in [0.1, 0.15) is 11.3 Å². The van der Waals surface area contributed by atoms with E-state index in [1.54, 1.807) is 50.6 Å². The average Bonchev–Trinajstić information content (AvgIpc) is 2.72. The number of fused-ring (bicyclic) bond motifs is 1. The average molecular weight is 383 g/mol. The molecule has 0 spiro atoms. The molecule has 6 heteroatoms. The van der Waals surface area contributed by atoms with Crippen molar-refractivity contribution >= 4 is 11.0 Å². The molecule has 0 amide bonds. The lowest BCUT2D eigenvalue weighted by molar-refractivity contribution is 0.290. The van der Waals surface area contributed by atoms with Crippen molar-refractivity contribution in [2.24, 2.45) is 0 Å². The minimum absolute atomic E-state index is 0.126. The van der Waals surface area contributed by atoms with Crippen LogP contribution in [-0.4, -0.2) is 37.3 Å². The van der Waals surface area contributed by atoms with Gasteiger partial charge in [-0.05, 0) is 49.0 Å². The van der Waals surface area contributed by atoms with Crippen LogP contribution in [0, 0.1) is 0 Å². The lowest BCUT2D eigenvalue weighted by Crippen LogP contribution is -2.22. The second-order valence-corrected chi connectivity index (χ2v) is 6.46. The highest BCUT2D eigenvalue weighted by molar-refractivity contribution is 5.86. The first-order valence-electron chi connectivity index (χ1n) is 9.25. The molecular weight excluding hydrogens is 358 g/mol. The van der Waals surface area contributed by atoms with Crippen LogP contribution >= 0.6 is 0 Å². The molecule has 0 aliphatic carbocycles. The van der Waals surface area contributed by atoms with Gasteiger partial charge in [-0.3, -0.25) is 4.90 Å². The van der Waals surface area contributed by atoms with Gasteiger partial charge in [-0.1, -0.05) is 19.9 Å². The molecule has 28 heavy (non-hydrogen) atoms. The Bertz CT molecular complexity index is 1040. The van der Waals surface area contributed by atoms with Crippen LogP contribution in [0.15, 0.2) is 45.6 Å². The minimum Gasteiger partial charge on any atom is -0.507 e. The lowest BCUT2D eigenvalue weighted by atomic mass is 10.0. The van der Waals surface area contributed by atoms with Crippen LogP contribution in [0.4, 0.5) is 0 Å². The highest BCUT2D eigenvalue weighted by Crippen LogP contribution is 2.33. The van der Waals surface area contributed by atoms with Crippen molar-refractivity contribution in [1.82, 2.24) is 4.90 Å². The number of nitrogens with zero attached hydrogens (tertiary/aromatic N) is 1. The summed E-state index contributed by atoms with van der Waals surface area (Å²) in [5.41, 5.74) is 1.67. The summed E-state index contributed by atoms with van der Waals surface area (Å²) < 4.78 is 16.3. The quantitative estimate of drug-likeness (QED) is 0.621. The Morgan fingerprint density at radius 2 is 1.71 bits per heavy atom. The lowest BCUT2D eigenvalue weighted by Gasteiger charge is -2.19. The van der Waals surface area contributed by atoms with Gasteiger partial charge in [0.25, 0.3) is 0 Å². The van der Waals surface area contributed by atoms with E-state index in [0.29, 0.717) is 40.3 Å². The molecule has 0 saturated carbocycles. The van der Waals surface area contributed by atoms with Crippen LogP contribution in [0.25, 0.3) is 22.1 Å². The molecule has 1 N–H and O–H groups in total. The molecule has 1 aromatic heterocycles. The highest BCUT2D eigenvalue weighted by Gasteiger charge is 2.16. The Kier molecular flexibility index (Phi) is 5.90. The van der Waals surface area contributed by atoms with E-state index in [1.165, 1.54) is 0 Å². The van der Waals surface area contributed by atoms with E-state index in [4.69, 9.17) is 13.9 Å². The van der Waals surface area contributed by atoms with Crippen LogP contribution in [-0.2, 0) is 6.54 Å². The van der Waals surface area contributed by atoms with E-state index >= 15 is 0 Å². The molecule has 148 valence electrons. The van der Waals surface area contributed by atoms with Crippen molar-refractivity contribution in [3.05, 3.63) is 52.4 Å². The van der Waals surface area contributed by atoms with Crippen molar-refractivity contribution in [2.75, 3.05) is 27.3 Å². The summed E-state index contributed by atoms with van der Waals surface area (Å²) in [5, 5.41) is 11.1. The first kappa shape index (κ1) is 19.8. The van der Waals surface area contributed by atoms with Gasteiger partial charge in [-0.25, -0.2) is 4.79 Å². The molecular formula is C22H25NO5. The Morgan fingerprint density at radius 1 is 1.00 bits per heavy atom. The maximum atomic E-state index is 12.7. The number of ether oxygens (including phenoxy) is 2. The summed E-state index contributed by atoms with van der Waals surface area (Å²) in [7, 11) is 3.11. The topological polar surface area (TPSA) is 72.1 Å². The molecule has 3 rings (SSSR count). The maximum absolute atomic E-state index is 12.7. The Hall–Kier alpha value is -2.99. The molecule has 0 fully saturated rings. The number of phenolic OH excluding ortho intramolecular Hbond substituents is 1. The fourth-order valence-electron chi connectivity index (χ4n) is 3.26. The predicted octanol–water partition coefficient (Wildman–Crippen LogP) is 4.02. The molecule has 1 heterocycles. The van der Waals surface area contributed by atoms with Gasteiger partial charge in [0.2, 0.25) is 0 Å². The zero-order valence-electron chi connectivity index (χ0n) is 16.6. The molecule has 0 radical (unpaired) electrons. The number of methoxy groups -OCH3 is 2. The monoisotopic (exact) mass is 383 g/mol. The van der Waals surface area contributed by atoms with Crippen LogP contribution < -0.4 is 15.1 Å². The second kappa shape index (κ2) is 8.35. The van der Waals surface area contributed by atoms with Gasteiger partial charge in [-0.2, -0.15) is 0 Å². The smallest absolute Gasteiger partial charge is 0.344 e. The van der Waals surface area contributed by atoms with Crippen LogP contribution in [0.2, 0.25) is 0 Å². The van der Waals surface area contributed by atoms with Gasteiger partial charge in [-0.15, -0.1) is 0 Å². The summed E-state index contributed by atoms with van der Waals surface area (Å²) in [6.07, 6.45) is 0. The van der Waals surface area contributed by atoms with E-state index in [9.17, 15) is 9.90 Å². The Morgan fingerprint density at radius 3 is 2.36 bits per heavy atom. The van der Waals surface area contributed by atoms with Crippen molar-refractivity contribution in [3.63, 3.8) is 0 Å². The largest absolute Gasteiger partial charge is 0.507 e. The van der Waals surface area contributed by atoms with Gasteiger partial charge in [0.15, 0.2) is 11.5 Å². The summed E-state index contributed by atoms with van der Waals surface area (Å²) in [4.78, 5) is 14.9. The Labute approximate surface area is 163 Å². The van der Waals surface area contributed by atoms with Gasteiger partial charge >= 0.3 is 5.63 Å². The summed E-state index contributed by atoms with van der Waals surface area (Å²) in [5.74, 6) is 1.25. The number of hydrogen-bond donors (Lipinski definition) is 1. The Balaban J connectivity index is 2.14. The SMILES string of the molecule is CCN(CC)Cc1c(O)ccc2cc(-c3ccc(OC)c(OC)c3)c(=O)oc12. The predicted molar refractivity (Wildman–Crippen MR) is 109 cm³/mol. The van der Waals surface area contributed by atoms with Crippen molar-refractivity contribution in [1.29, 1.82) is 0 Å². The van der Waals surface area contributed by atoms with Crippen molar-refractivity contribution < 1.29 is 19.0 Å². The molecule has 0 saturated heterocycles. The normalized spacial score (nSPS) is 11.2. The summed E-state index contributed by atoms with van der Waals surface area (Å²) in [6, 6.07) is 10.5. The molecule has 0 aliphatic heterocycles. The minimum atomic E-state index is -0.467. The number of rotatable bonds is 7. The van der Waals surface area contributed by atoms with Gasteiger partial charge in [0, 0.05) is 11.9 Å². The third-order valence-corrected chi connectivity index (χ3v) is 4.95. The van der Waals surface area contributed by atoms with E-state index in [-0.39, 0.29) is 5.75 Å². The van der Waals surface area contributed by atoms with Crippen LogP contribution in [0.3, 0.4) is 0 Å². The molecule has 0 atom stereocenters. The highest BCUT2D eigenvalue weighted by atomic mass is 16.5. The molecule has 0 unspecified atom stereocenters. The van der Waals surface area contributed by atoms with E-state index in [0.717, 1.165) is 18.5 Å². The molecule has 0 aliphatic rings. The van der Waals surface area contributed by atoms with Crippen molar-refractivity contribution in [2.45, 2.75) is 20.4 Å². The zero-order chi connectivity index (χ0) is 20.3. The summed E-state index contributed by atoms with van der Waals surface area (Å²) >= 11 is 0. The van der Waals surface area contributed by atoms with Crippen LogP contribution in [0.5, 0.6) is 17.2 Å². The van der Waals surface area contributed by atoms with Gasteiger partial charge < -0.3 is 19.0 Å². The van der Waals surface area contributed by atoms with E-state index in [1.807, 2.05) is 0 Å². The maximum Gasteiger partial charge on any atom is 0.344 e. The number of hydrogen-bond acceptors (Lipinski definition) is 6. The first-order chi connectivity index (χ1) is 13.5. The molecule has 3 aromatic rings. The number of phenols is 1. The first-order valence-corrected chi connectivity index (χ1v) is 9.25. The van der Waals surface area contributed by atoms with Crippen LogP contribution in [0.1, 0.15) is 19.4 Å². The third-order valence-electron chi connectivity index (χ3n) is 4.95. The summed E-state index contributed by atoms with van der Waals surface area (Å²) in [6.45, 7) is 6.28. The number of aromatic hydroxyl groups is 1. The van der Waals surface area contributed by atoms with Crippen molar-refractivity contribution in [3.8, 4) is 28.4 Å². The fourth-order valence-corrected chi connectivity index (χ4v) is 3.26. The van der Waals surface area contributed by atoms with E-state index < -0.39 is 5.63 Å². The number of benzene rings is 2. The standard InChI is InChI=1S/C22H25NO5/c1-5-23(6-2)13-17-18(24)9-7-15-11-16(22(25)28-21(15)17)14-8-10-19(26-3)20(12-14)27-4/h7-12,24H,5-6,13H2,1-4H3. The molecule has 6 nitrogen and oxygen atoms in total. The second-order valence-electron chi connectivity index (χ2n) is 6.46. The molecule has 2 aromatic carbocycles. The zero-order valence-corrected chi connectivity index (χ0v) is 16.6. The third kappa shape index (κ3) is 3.68.